The first-order valence-corrected chi connectivity index (χ1v) is 6.72. The first-order valence-electron chi connectivity index (χ1n) is 6.72. The van der Waals surface area contributed by atoms with Gasteiger partial charge in [-0.15, -0.1) is 0 Å². The average molecular weight is 262 g/mol. The fraction of sp³-hybridized carbons (Fsp3) is 0.533. The molecule has 0 amide bonds. The van der Waals surface area contributed by atoms with E-state index in [1.807, 2.05) is 11.9 Å². The molecule has 0 aromatic heterocycles. The van der Waals surface area contributed by atoms with Crippen LogP contribution in [0.3, 0.4) is 0 Å². The molecule has 1 saturated heterocycles. The maximum absolute atomic E-state index is 10.8. The van der Waals surface area contributed by atoms with Crippen molar-refractivity contribution in [3.8, 4) is 0 Å². The molecule has 4 heteroatoms. The van der Waals surface area contributed by atoms with Crippen LogP contribution in [0.4, 0.5) is 5.69 Å². The number of benzene rings is 1. The van der Waals surface area contributed by atoms with Gasteiger partial charge in [-0.25, -0.2) is 0 Å². The van der Waals surface area contributed by atoms with Gasteiger partial charge in [0.2, 0.25) is 0 Å². The van der Waals surface area contributed by atoms with Gasteiger partial charge in [0, 0.05) is 24.8 Å². The highest BCUT2D eigenvalue weighted by Crippen LogP contribution is 2.27. The number of hydrogen-bond donors (Lipinski definition) is 1. The highest BCUT2D eigenvalue weighted by Gasteiger charge is 2.27. The Morgan fingerprint density at radius 2 is 2.21 bits per heavy atom. The molecular formula is C15H22N2O2. The van der Waals surface area contributed by atoms with E-state index in [2.05, 4.69) is 36.9 Å². The summed E-state index contributed by atoms with van der Waals surface area (Å²) in [7, 11) is 1.89. The van der Waals surface area contributed by atoms with E-state index in [1.165, 1.54) is 16.8 Å². The summed E-state index contributed by atoms with van der Waals surface area (Å²) in [6.45, 7) is 6.31. The molecule has 1 aliphatic heterocycles. The molecule has 104 valence electrons. The molecule has 1 unspecified atom stereocenters. The standard InChI is InChI=1S/C15H22N2O2/c1-11-5-4-6-14(12(11)2)17-8-7-13(9-17)16(3)10-15(18)19/h4-6,13H,7-10H2,1-3H3,(H,18,19). The lowest BCUT2D eigenvalue weighted by Gasteiger charge is -2.25. The molecule has 1 aromatic carbocycles. The number of nitrogens with zero attached hydrogens (tertiary/aromatic N) is 2. The van der Waals surface area contributed by atoms with Crippen molar-refractivity contribution in [2.24, 2.45) is 0 Å². The van der Waals surface area contributed by atoms with Gasteiger partial charge in [0.05, 0.1) is 6.54 Å². The van der Waals surface area contributed by atoms with E-state index in [-0.39, 0.29) is 6.54 Å². The largest absolute Gasteiger partial charge is 0.480 e. The van der Waals surface area contributed by atoms with E-state index in [0.717, 1.165) is 19.5 Å². The zero-order valence-electron chi connectivity index (χ0n) is 11.9. The first kappa shape index (κ1) is 13.9. The Morgan fingerprint density at radius 1 is 1.47 bits per heavy atom. The number of carboxylic acids is 1. The van der Waals surface area contributed by atoms with E-state index in [1.54, 1.807) is 0 Å². The van der Waals surface area contributed by atoms with Crippen LogP contribution < -0.4 is 4.90 Å². The summed E-state index contributed by atoms with van der Waals surface area (Å²) >= 11 is 0. The normalized spacial score (nSPS) is 19.2. The topological polar surface area (TPSA) is 43.8 Å². The van der Waals surface area contributed by atoms with Crippen molar-refractivity contribution in [3.63, 3.8) is 0 Å². The van der Waals surface area contributed by atoms with E-state index < -0.39 is 5.97 Å². The van der Waals surface area contributed by atoms with Crippen LogP contribution in [0, 0.1) is 13.8 Å². The fourth-order valence-corrected chi connectivity index (χ4v) is 2.74. The van der Waals surface area contributed by atoms with E-state index >= 15 is 0 Å². The van der Waals surface area contributed by atoms with Crippen LogP contribution in [-0.2, 0) is 4.79 Å². The zero-order chi connectivity index (χ0) is 14.0. The molecule has 1 N–H and O–H groups in total. The van der Waals surface area contributed by atoms with Gasteiger partial charge in [-0.3, -0.25) is 9.69 Å². The third kappa shape index (κ3) is 3.07. The summed E-state index contributed by atoms with van der Waals surface area (Å²) in [5.41, 5.74) is 3.91. The molecule has 2 rings (SSSR count). The monoisotopic (exact) mass is 262 g/mol. The van der Waals surface area contributed by atoms with Gasteiger partial charge < -0.3 is 10.0 Å². The molecule has 0 radical (unpaired) electrons. The number of carboxylic acid groups (broad SMARTS) is 1. The highest BCUT2D eigenvalue weighted by molar-refractivity contribution is 5.69. The number of likely N-dealkylation sites (N-methyl/N-ethyl adjacent to an activating group) is 1. The van der Waals surface area contributed by atoms with Crippen LogP contribution in [-0.4, -0.2) is 48.7 Å². The number of hydrogen-bond acceptors (Lipinski definition) is 3. The molecule has 1 aromatic rings. The summed E-state index contributed by atoms with van der Waals surface area (Å²) < 4.78 is 0. The lowest BCUT2D eigenvalue weighted by molar-refractivity contribution is -0.138. The molecule has 1 atom stereocenters. The lowest BCUT2D eigenvalue weighted by atomic mass is 10.1. The van der Waals surface area contributed by atoms with Crippen molar-refractivity contribution in [1.29, 1.82) is 0 Å². The third-order valence-corrected chi connectivity index (χ3v) is 4.09. The maximum Gasteiger partial charge on any atom is 0.317 e. The smallest absolute Gasteiger partial charge is 0.317 e. The van der Waals surface area contributed by atoms with E-state index in [9.17, 15) is 4.79 Å². The summed E-state index contributed by atoms with van der Waals surface area (Å²) in [5, 5.41) is 8.85. The number of aryl methyl sites for hydroxylation is 1. The Kier molecular flexibility index (Phi) is 4.10. The molecule has 1 aliphatic rings. The minimum absolute atomic E-state index is 0.116. The van der Waals surface area contributed by atoms with Gasteiger partial charge in [0.25, 0.3) is 0 Å². The second-order valence-electron chi connectivity index (χ2n) is 5.42. The Morgan fingerprint density at radius 3 is 2.89 bits per heavy atom. The summed E-state index contributed by atoms with van der Waals surface area (Å²) in [5.74, 6) is -0.757. The van der Waals surface area contributed by atoms with Crippen LogP contribution in [0.15, 0.2) is 18.2 Å². The van der Waals surface area contributed by atoms with Crippen molar-refractivity contribution < 1.29 is 9.90 Å². The minimum atomic E-state index is -0.757. The number of carbonyl (C=O) groups is 1. The molecule has 0 spiro atoms. The van der Waals surface area contributed by atoms with Crippen LogP contribution in [0.25, 0.3) is 0 Å². The summed E-state index contributed by atoms with van der Waals surface area (Å²) in [6, 6.07) is 6.70. The Balaban J connectivity index is 2.06. The van der Waals surface area contributed by atoms with Gasteiger partial charge in [0.15, 0.2) is 0 Å². The van der Waals surface area contributed by atoms with Crippen LogP contribution in [0.1, 0.15) is 17.5 Å². The summed E-state index contributed by atoms with van der Waals surface area (Å²) in [6.07, 6.45) is 1.02. The molecule has 4 nitrogen and oxygen atoms in total. The second-order valence-corrected chi connectivity index (χ2v) is 5.42. The van der Waals surface area contributed by atoms with Gasteiger partial charge >= 0.3 is 5.97 Å². The van der Waals surface area contributed by atoms with Gasteiger partial charge in [0.1, 0.15) is 0 Å². The number of aliphatic carboxylic acids is 1. The molecule has 0 saturated carbocycles. The van der Waals surface area contributed by atoms with Crippen LogP contribution in [0.2, 0.25) is 0 Å². The fourth-order valence-electron chi connectivity index (χ4n) is 2.74. The van der Waals surface area contributed by atoms with Gasteiger partial charge in [-0.2, -0.15) is 0 Å². The highest BCUT2D eigenvalue weighted by atomic mass is 16.4. The average Bonchev–Trinajstić information content (AvgIpc) is 2.81. The Labute approximate surface area is 114 Å². The minimum Gasteiger partial charge on any atom is -0.480 e. The van der Waals surface area contributed by atoms with Crippen molar-refractivity contribution in [2.45, 2.75) is 26.3 Å². The van der Waals surface area contributed by atoms with Crippen LogP contribution in [0.5, 0.6) is 0 Å². The zero-order valence-corrected chi connectivity index (χ0v) is 11.9. The van der Waals surface area contributed by atoms with E-state index in [0.29, 0.717) is 6.04 Å². The number of anilines is 1. The lowest BCUT2D eigenvalue weighted by Crippen LogP contribution is -2.38. The Bertz CT molecular complexity index is 473. The predicted molar refractivity (Wildman–Crippen MR) is 76.8 cm³/mol. The second kappa shape index (κ2) is 5.61. The first-order chi connectivity index (χ1) is 8.99. The molecule has 0 aliphatic carbocycles. The van der Waals surface area contributed by atoms with Crippen molar-refractivity contribution in [1.82, 2.24) is 4.90 Å². The van der Waals surface area contributed by atoms with Crippen molar-refractivity contribution in [2.75, 3.05) is 31.6 Å². The quantitative estimate of drug-likeness (QED) is 0.900. The maximum atomic E-state index is 10.8. The van der Waals surface area contributed by atoms with Crippen molar-refractivity contribution >= 4 is 11.7 Å². The summed E-state index contributed by atoms with van der Waals surface area (Å²) in [4.78, 5) is 15.1. The molecule has 19 heavy (non-hydrogen) atoms. The van der Waals surface area contributed by atoms with Crippen molar-refractivity contribution in [3.05, 3.63) is 29.3 Å². The third-order valence-electron chi connectivity index (χ3n) is 4.09. The molecular weight excluding hydrogens is 240 g/mol. The van der Waals surface area contributed by atoms with Crippen LogP contribution >= 0.6 is 0 Å². The predicted octanol–water partition coefficient (Wildman–Crippen LogP) is 1.90. The SMILES string of the molecule is Cc1cccc(N2CCC(N(C)CC(=O)O)C2)c1C. The van der Waals surface area contributed by atoms with Gasteiger partial charge in [-0.1, -0.05) is 12.1 Å². The Hall–Kier alpha value is -1.55. The number of rotatable bonds is 4. The molecule has 0 bridgehead atoms. The van der Waals surface area contributed by atoms with E-state index in [4.69, 9.17) is 5.11 Å². The van der Waals surface area contributed by atoms with Gasteiger partial charge in [-0.05, 0) is 44.5 Å². The molecule has 1 heterocycles. The molecule has 1 fully saturated rings.